The molecular weight excluding hydrogens is 213 g/mol. The summed E-state index contributed by atoms with van der Waals surface area (Å²) in [6, 6.07) is 2.93. The van der Waals surface area contributed by atoms with Crippen molar-refractivity contribution < 1.29 is 43.0 Å². The summed E-state index contributed by atoms with van der Waals surface area (Å²) < 4.78 is 25.7. The van der Waals surface area contributed by atoms with Gasteiger partial charge in [-0.25, -0.2) is 8.78 Å². The molecule has 0 aromatic heterocycles. The van der Waals surface area contributed by atoms with Crippen LogP contribution in [0.1, 0.15) is 24.8 Å². The summed E-state index contributed by atoms with van der Waals surface area (Å²) in [6.45, 7) is 1.64. The molecule has 1 unspecified atom stereocenters. The molecule has 1 atom stereocenters. The van der Waals surface area contributed by atoms with Crippen LogP contribution in [0.25, 0.3) is 0 Å². The van der Waals surface area contributed by atoms with Crippen molar-refractivity contribution in [2.45, 2.75) is 19.3 Å². The number of benzene rings is 1. The number of hydrogen-bond acceptors (Lipinski definition) is 2. The Labute approximate surface area is 104 Å². The van der Waals surface area contributed by atoms with Gasteiger partial charge in [0, 0.05) is 11.6 Å². The Hall–Kier alpha value is -0.893. The van der Waals surface area contributed by atoms with Gasteiger partial charge in [-0.1, -0.05) is 13.0 Å². The van der Waals surface area contributed by atoms with Crippen molar-refractivity contribution in [2.75, 3.05) is 0 Å². The molecule has 1 aromatic rings. The molecule has 0 heterocycles. The smallest absolute Gasteiger partial charge is 0.870 e. The molecule has 0 saturated heterocycles. The van der Waals surface area contributed by atoms with Crippen LogP contribution >= 0.6 is 0 Å². The van der Waals surface area contributed by atoms with Gasteiger partial charge in [0.2, 0.25) is 0 Å². The molecule has 0 saturated carbocycles. The van der Waals surface area contributed by atoms with E-state index in [2.05, 4.69) is 0 Å². The zero-order valence-electron chi connectivity index (χ0n) is 9.08. The number of halogens is 2. The molecule has 1 aromatic carbocycles. The van der Waals surface area contributed by atoms with Gasteiger partial charge < -0.3 is 10.6 Å². The van der Waals surface area contributed by atoms with E-state index in [0.717, 1.165) is 6.07 Å². The largest absolute Gasteiger partial charge is 1.00 e. The van der Waals surface area contributed by atoms with Crippen LogP contribution in [0.5, 0.6) is 0 Å². The summed E-state index contributed by atoms with van der Waals surface area (Å²) in [6.07, 6.45) is 0.276. The predicted octanol–water partition coefficient (Wildman–Crippen LogP) is -0.630. The van der Waals surface area contributed by atoms with Crippen LogP contribution in [0.4, 0.5) is 8.78 Å². The van der Waals surface area contributed by atoms with Crippen LogP contribution in [-0.2, 0) is 4.79 Å². The molecule has 0 aliphatic rings. The first-order valence-electron chi connectivity index (χ1n) is 4.24. The molecule has 0 aliphatic carbocycles. The van der Waals surface area contributed by atoms with E-state index in [1.54, 1.807) is 6.92 Å². The Balaban J connectivity index is 0. The van der Waals surface area contributed by atoms with Gasteiger partial charge >= 0.3 is 24.8 Å². The maximum atomic E-state index is 13.1. The van der Waals surface area contributed by atoms with Gasteiger partial charge in [0.15, 0.2) is 0 Å². The second kappa shape index (κ2) is 7.39. The van der Waals surface area contributed by atoms with Crippen molar-refractivity contribution in [1.29, 1.82) is 0 Å². The fourth-order valence-corrected chi connectivity index (χ4v) is 1.31. The summed E-state index contributed by atoms with van der Waals surface area (Å²) in [5.41, 5.74) is 0.0291. The molecule has 0 radical (unpaired) electrons. The molecule has 84 valence electrons. The zero-order valence-corrected chi connectivity index (χ0v) is 9.08. The Morgan fingerprint density at radius 3 is 2.38 bits per heavy atom. The van der Waals surface area contributed by atoms with Crippen molar-refractivity contribution in [1.82, 2.24) is 0 Å². The second-order valence-corrected chi connectivity index (χ2v) is 2.96. The van der Waals surface area contributed by atoms with E-state index in [1.807, 2.05) is 0 Å². The Morgan fingerprint density at radius 1 is 1.44 bits per heavy atom. The molecule has 16 heavy (non-hydrogen) atoms. The third kappa shape index (κ3) is 3.93. The molecule has 0 bridgehead atoms. The Bertz CT molecular complexity index is 358. The third-order valence-corrected chi connectivity index (χ3v) is 2.04. The fourth-order valence-electron chi connectivity index (χ4n) is 1.31. The minimum absolute atomic E-state index is 0. The Morgan fingerprint density at radius 2 is 2.00 bits per heavy atom. The van der Waals surface area contributed by atoms with Gasteiger partial charge in [0.1, 0.15) is 11.6 Å². The maximum Gasteiger partial charge on any atom is 1.00 e. The molecule has 1 rings (SSSR count). The molecule has 6 heteroatoms. The predicted molar refractivity (Wildman–Crippen MR) is 49.0 cm³/mol. The van der Waals surface area contributed by atoms with Gasteiger partial charge in [0.25, 0.3) is 0 Å². The topological polar surface area (TPSA) is 67.3 Å². The van der Waals surface area contributed by atoms with E-state index in [1.165, 1.54) is 6.07 Å². The second-order valence-electron chi connectivity index (χ2n) is 2.96. The maximum absolute atomic E-state index is 13.1. The number of hydrogen-bond donors (Lipinski definition) is 1. The third-order valence-electron chi connectivity index (χ3n) is 2.04. The normalized spacial score (nSPS) is 10.9. The van der Waals surface area contributed by atoms with Gasteiger partial charge in [-0.2, -0.15) is 0 Å². The van der Waals surface area contributed by atoms with Gasteiger partial charge in [-0.15, -0.1) is 0 Å². The number of carboxylic acids is 1. The minimum Gasteiger partial charge on any atom is -0.870 e. The number of carbonyl (C=O) groups is 1. The fraction of sp³-hybridized carbons (Fsp3) is 0.300. The summed E-state index contributed by atoms with van der Waals surface area (Å²) in [4.78, 5) is 10.7. The van der Waals surface area contributed by atoms with Crippen LogP contribution in [0.3, 0.4) is 0 Å². The minimum atomic E-state index is -1.10. The quantitative estimate of drug-likeness (QED) is 0.695. The van der Waals surface area contributed by atoms with Crippen LogP contribution in [0.15, 0.2) is 18.2 Å². The van der Waals surface area contributed by atoms with Crippen LogP contribution < -0.4 is 18.9 Å². The molecule has 2 N–H and O–H groups in total. The summed E-state index contributed by atoms with van der Waals surface area (Å²) in [5, 5.41) is 8.76. The van der Waals surface area contributed by atoms with E-state index >= 15 is 0 Å². The number of carboxylic acid groups (broad SMARTS) is 1. The van der Waals surface area contributed by atoms with E-state index in [4.69, 9.17) is 5.11 Å². The van der Waals surface area contributed by atoms with Gasteiger partial charge in [-0.3, -0.25) is 4.79 Å². The van der Waals surface area contributed by atoms with Crippen LogP contribution in [0.2, 0.25) is 0 Å². The van der Waals surface area contributed by atoms with E-state index in [-0.39, 0.29) is 36.3 Å². The molecule has 0 aliphatic heterocycles. The Kier molecular flexibility index (Phi) is 8.09. The van der Waals surface area contributed by atoms with Gasteiger partial charge in [-0.05, 0) is 12.5 Å². The zero-order chi connectivity index (χ0) is 10.7. The summed E-state index contributed by atoms with van der Waals surface area (Å²) >= 11 is 0. The van der Waals surface area contributed by atoms with Crippen molar-refractivity contribution in [3.8, 4) is 0 Å². The van der Waals surface area contributed by atoms with Crippen LogP contribution in [0, 0.1) is 11.6 Å². The number of rotatable bonds is 3. The first-order valence-corrected chi connectivity index (χ1v) is 4.24. The van der Waals surface area contributed by atoms with Crippen LogP contribution in [-0.4, -0.2) is 16.6 Å². The van der Waals surface area contributed by atoms with Crippen molar-refractivity contribution in [3.63, 3.8) is 0 Å². The summed E-state index contributed by atoms with van der Waals surface area (Å²) in [5.74, 6) is -3.51. The summed E-state index contributed by atoms with van der Waals surface area (Å²) in [7, 11) is 0. The molecule has 0 fully saturated rings. The SMILES string of the molecule is CCC(C(=O)O)c1ccc(F)cc1F.[Li+].[OH-]. The molecule has 0 amide bonds. The van der Waals surface area contributed by atoms with Crippen molar-refractivity contribution in [3.05, 3.63) is 35.4 Å². The first kappa shape index (κ1) is 17.5. The monoisotopic (exact) mass is 224 g/mol. The molecule has 3 nitrogen and oxygen atoms in total. The van der Waals surface area contributed by atoms with E-state index < -0.39 is 23.5 Å². The van der Waals surface area contributed by atoms with E-state index in [9.17, 15) is 13.6 Å². The molecule has 0 spiro atoms. The van der Waals surface area contributed by atoms with E-state index in [0.29, 0.717) is 6.07 Å². The van der Waals surface area contributed by atoms with Crippen molar-refractivity contribution >= 4 is 5.97 Å². The standard InChI is InChI=1S/C10H10F2O2.Li.H2O/c1-2-7(10(13)14)8-4-3-6(11)5-9(8)12;;/h3-5,7H,2H2,1H3,(H,13,14);;1H2/q;+1;/p-1. The average Bonchev–Trinajstić information content (AvgIpc) is 2.09. The molecular formula is C10H11F2LiO3. The van der Waals surface area contributed by atoms with Crippen molar-refractivity contribution in [2.24, 2.45) is 0 Å². The van der Waals surface area contributed by atoms with Gasteiger partial charge in [0.05, 0.1) is 5.92 Å². The first-order chi connectivity index (χ1) is 6.56. The average molecular weight is 224 g/mol. The number of aliphatic carboxylic acids is 1.